The fourth-order valence-electron chi connectivity index (χ4n) is 4.61. The Morgan fingerprint density at radius 3 is 2.54 bits per heavy atom. The van der Waals surface area contributed by atoms with Gasteiger partial charge in [0.15, 0.2) is 6.61 Å². The van der Waals surface area contributed by atoms with Gasteiger partial charge in [0, 0.05) is 18.2 Å². The summed E-state index contributed by atoms with van der Waals surface area (Å²) >= 11 is 0. The fraction of sp³-hybridized carbons (Fsp3) is 0.435. The number of amides is 1. The van der Waals surface area contributed by atoms with Gasteiger partial charge in [-0.15, -0.1) is 0 Å². The molecule has 0 spiro atoms. The molecule has 0 radical (unpaired) electrons. The summed E-state index contributed by atoms with van der Waals surface area (Å²) in [5.74, 6) is 1.63. The predicted octanol–water partition coefficient (Wildman–Crippen LogP) is 4.91. The number of ether oxygens (including phenoxy) is 1. The molecule has 0 aromatic heterocycles. The first kappa shape index (κ1) is 17.1. The van der Waals surface area contributed by atoms with E-state index >= 15 is 0 Å². The van der Waals surface area contributed by atoms with Crippen molar-refractivity contribution in [3.05, 3.63) is 54.6 Å². The van der Waals surface area contributed by atoms with Crippen molar-refractivity contribution in [1.29, 1.82) is 0 Å². The number of hydrogen-bond donors (Lipinski definition) is 0. The molecule has 1 saturated carbocycles. The molecule has 1 aliphatic carbocycles. The first-order chi connectivity index (χ1) is 12.8. The topological polar surface area (TPSA) is 29.5 Å². The summed E-state index contributed by atoms with van der Waals surface area (Å²) < 4.78 is 6.00. The Morgan fingerprint density at radius 2 is 1.65 bits per heavy atom. The van der Waals surface area contributed by atoms with Gasteiger partial charge >= 0.3 is 0 Å². The first-order valence-electron chi connectivity index (χ1n) is 9.89. The number of rotatable bonds is 4. The lowest BCUT2D eigenvalue weighted by atomic mass is 9.78. The molecule has 136 valence electrons. The van der Waals surface area contributed by atoms with Gasteiger partial charge in [0.1, 0.15) is 5.75 Å². The van der Waals surface area contributed by atoms with Crippen LogP contribution in [0.3, 0.4) is 0 Å². The standard InChI is InChI=1S/C23H27NO2/c25-23(24-16-8-12-19-11-4-6-14-21(19)24)17-26-22-15-7-5-13-20(22)18-9-2-1-3-10-18/h1-3,5,7,9-10,13,15,19,21H,4,6,8,11-12,14,16-17H2/t19-,21+/m0/s1. The summed E-state index contributed by atoms with van der Waals surface area (Å²) in [4.78, 5) is 15.0. The fourth-order valence-corrected chi connectivity index (χ4v) is 4.61. The molecule has 1 saturated heterocycles. The Balaban J connectivity index is 1.45. The number of carbonyl (C=O) groups is 1. The van der Waals surface area contributed by atoms with Crippen LogP contribution >= 0.6 is 0 Å². The number of nitrogens with zero attached hydrogens (tertiary/aromatic N) is 1. The van der Waals surface area contributed by atoms with Gasteiger partial charge in [-0.3, -0.25) is 4.79 Å². The van der Waals surface area contributed by atoms with E-state index in [2.05, 4.69) is 17.0 Å². The van der Waals surface area contributed by atoms with E-state index in [4.69, 9.17) is 4.74 Å². The number of likely N-dealkylation sites (tertiary alicyclic amines) is 1. The molecule has 3 nitrogen and oxygen atoms in total. The van der Waals surface area contributed by atoms with Gasteiger partial charge in [-0.05, 0) is 43.2 Å². The van der Waals surface area contributed by atoms with Crippen molar-refractivity contribution in [3.63, 3.8) is 0 Å². The average molecular weight is 349 g/mol. The predicted molar refractivity (Wildman–Crippen MR) is 104 cm³/mol. The lowest BCUT2D eigenvalue weighted by Gasteiger charge is -2.44. The second kappa shape index (κ2) is 7.94. The Kier molecular flexibility index (Phi) is 5.24. The van der Waals surface area contributed by atoms with Crippen LogP contribution < -0.4 is 4.74 Å². The minimum absolute atomic E-state index is 0.132. The maximum atomic E-state index is 12.9. The monoisotopic (exact) mass is 349 g/mol. The van der Waals surface area contributed by atoms with E-state index in [9.17, 15) is 4.79 Å². The maximum absolute atomic E-state index is 12.9. The van der Waals surface area contributed by atoms with Crippen LogP contribution in [-0.4, -0.2) is 30.0 Å². The average Bonchev–Trinajstić information content (AvgIpc) is 2.72. The van der Waals surface area contributed by atoms with Gasteiger partial charge in [0.05, 0.1) is 0 Å². The molecule has 2 atom stereocenters. The van der Waals surface area contributed by atoms with Crippen molar-refractivity contribution in [2.45, 2.75) is 44.6 Å². The Labute approximate surface area is 156 Å². The number of fused-ring (bicyclic) bond motifs is 1. The Hall–Kier alpha value is -2.29. The van der Waals surface area contributed by atoms with Crippen molar-refractivity contribution in [3.8, 4) is 16.9 Å². The van der Waals surface area contributed by atoms with Crippen LogP contribution in [0, 0.1) is 5.92 Å². The zero-order valence-corrected chi connectivity index (χ0v) is 15.3. The van der Waals surface area contributed by atoms with Gasteiger partial charge in [0.25, 0.3) is 5.91 Å². The van der Waals surface area contributed by atoms with E-state index < -0.39 is 0 Å². The molecule has 2 aromatic carbocycles. The van der Waals surface area contributed by atoms with E-state index in [0.29, 0.717) is 12.0 Å². The summed E-state index contributed by atoms with van der Waals surface area (Å²) in [6, 6.07) is 18.6. The summed E-state index contributed by atoms with van der Waals surface area (Å²) in [5, 5.41) is 0. The molecule has 2 aromatic rings. The number of hydrogen-bond acceptors (Lipinski definition) is 2. The molecule has 0 N–H and O–H groups in total. The summed E-state index contributed by atoms with van der Waals surface area (Å²) in [7, 11) is 0. The second-order valence-electron chi connectivity index (χ2n) is 7.49. The Bertz CT molecular complexity index is 741. The largest absolute Gasteiger partial charge is 0.483 e. The second-order valence-corrected chi connectivity index (χ2v) is 7.49. The molecule has 1 aliphatic heterocycles. The summed E-state index contributed by atoms with van der Waals surface area (Å²) in [6.07, 6.45) is 7.44. The smallest absolute Gasteiger partial charge is 0.260 e. The van der Waals surface area contributed by atoms with Crippen LogP contribution in [0.2, 0.25) is 0 Å². The van der Waals surface area contributed by atoms with Crippen molar-refractivity contribution in [2.24, 2.45) is 5.92 Å². The van der Waals surface area contributed by atoms with E-state index in [-0.39, 0.29) is 12.5 Å². The molecule has 26 heavy (non-hydrogen) atoms. The third-order valence-electron chi connectivity index (χ3n) is 5.89. The van der Waals surface area contributed by atoms with Crippen molar-refractivity contribution in [1.82, 2.24) is 4.90 Å². The molecule has 3 heteroatoms. The summed E-state index contributed by atoms with van der Waals surface area (Å²) in [6.45, 7) is 1.02. The van der Waals surface area contributed by atoms with Crippen LogP contribution in [0.1, 0.15) is 38.5 Å². The minimum Gasteiger partial charge on any atom is -0.483 e. The molecular formula is C23H27NO2. The number of para-hydroxylation sites is 1. The highest BCUT2D eigenvalue weighted by atomic mass is 16.5. The van der Waals surface area contributed by atoms with E-state index in [1.54, 1.807) is 0 Å². The number of benzene rings is 2. The van der Waals surface area contributed by atoms with Crippen molar-refractivity contribution >= 4 is 5.91 Å². The number of piperidine rings is 1. The van der Waals surface area contributed by atoms with Crippen LogP contribution in [0.25, 0.3) is 11.1 Å². The first-order valence-corrected chi connectivity index (χ1v) is 9.89. The van der Waals surface area contributed by atoms with Crippen molar-refractivity contribution < 1.29 is 9.53 Å². The lowest BCUT2D eigenvalue weighted by Crippen LogP contribution is -2.51. The van der Waals surface area contributed by atoms with Crippen LogP contribution in [0.15, 0.2) is 54.6 Å². The van der Waals surface area contributed by atoms with Crippen LogP contribution in [0.4, 0.5) is 0 Å². The molecule has 4 rings (SSSR count). The lowest BCUT2D eigenvalue weighted by molar-refractivity contribution is -0.139. The minimum atomic E-state index is 0.132. The van der Waals surface area contributed by atoms with E-state index in [1.165, 1.54) is 25.7 Å². The van der Waals surface area contributed by atoms with Crippen molar-refractivity contribution in [2.75, 3.05) is 13.2 Å². The third kappa shape index (κ3) is 3.62. The maximum Gasteiger partial charge on any atom is 0.260 e. The highest BCUT2D eigenvalue weighted by Crippen LogP contribution is 2.35. The molecular weight excluding hydrogens is 322 g/mol. The third-order valence-corrected chi connectivity index (χ3v) is 5.89. The van der Waals surface area contributed by atoms with Gasteiger partial charge in [-0.1, -0.05) is 61.4 Å². The van der Waals surface area contributed by atoms with Crippen LogP contribution in [0.5, 0.6) is 5.75 Å². The summed E-state index contributed by atoms with van der Waals surface area (Å²) in [5.41, 5.74) is 2.15. The van der Waals surface area contributed by atoms with Gasteiger partial charge < -0.3 is 9.64 Å². The van der Waals surface area contributed by atoms with E-state index in [1.807, 2.05) is 42.5 Å². The molecule has 2 fully saturated rings. The molecule has 1 heterocycles. The normalized spacial score (nSPS) is 22.5. The zero-order valence-electron chi connectivity index (χ0n) is 15.3. The zero-order chi connectivity index (χ0) is 17.8. The Morgan fingerprint density at radius 1 is 0.923 bits per heavy atom. The van der Waals surface area contributed by atoms with Gasteiger partial charge in [0.2, 0.25) is 0 Å². The quantitative estimate of drug-likeness (QED) is 0.784. The molecule has 2 aliphatic rings. The highest BCUT2D eigenvalue weighted by Gasteiger charge is 2.35. The number of carbonyl (C=O) groups excluding carboxylic acids is 1. The van der Waals surface area contributed by atoms with Crippen LogP contribution in [-0.2, 0) is 4.79 Å². The SMILES string of the molecule is O=C(COc1ccccc1-c1ccccc1)N1CCC[C@@H]2CCCC[C@H]21. The molecule has 0 unspecified atom stereocenters. The van der Waals surface area contributed by atoms with Gasteiger partial charge in [-0.2, -0.15) is 0 Å². The van der Waals surface area contributed by atoms with E-state index in [0.717, 1.165) is 36.3 Å². The highest BCUT2D eigenvalue weighted by molar-refractivity contribution is 5.79. The van der Waals surface area contributed by atoms with Gasteiger partial charge in [-0.25, -0.2) is 0 Å². The molecule has 1 amide bonds. The molecule has 0 bridgehead atoms.